The summed E-state index contributed by atoms with van der Waals surface area (Å²) in [6, 6.07) is 0. The Morgan fingerprint density at radius 1 is 1.19 bits per heavy atom. The quantitative estimate of drug-likeness (QED) is 0.743. The van der Waals surface area contributed by atoms with E-state index >= 15 is 0 Å². The van der Waals surface area contributed by atoms with Gasteiger partial charge in [-0.1, -0.05) is 39.5 Å². The van der Waals surface area contributed by atoms with Gasteiger partial charge in [-0.05, 0) is 31.8 Å². The number of anilines is 1. The van der Waals surface area contributed by atoms with Crippen LogP contribution in [0, 0.1) is 5.92 Å². The molecule has 0 radical (unpaired) electrons. The number of aromatic nitrogens is 2. The maximum atomic E-state index is 4.47. The van der Waals surface area contributed by atoms with Crippen molar-refractivity contribution in [2.45, 2.75) is 58.9 Å². The second-order valence-electron chi connectivity index (χ2n) is 6.26. The van der Waals surface area contributed by atoms with E-state index in [4.69, 9.17) is 0 Å². The molecular formula is C17H32N4. The molecule has 0 atom stereocenters. The van der Waals surface area contributed by atoms with Crippen LogP contribution in [0.2, 0.25) is 0 Å². The van der Waals surface area contributed by atoms with Crippen molar-refractivity contribution < 1.29 is 0 Å². The van der Waals surface area contributed by atoms with E-state index in [0.29, 0.717) is 0 Å². The van der Waals surface area contributed by atoms with Crippen LogP contribution in [0.1, 0.15) is 52.4 Å². The summed E-state index contributed by atoms with van der Waals surface area (Å²) < 4.78 is 2.06. The molecular weight excluding hydrogens is 260 g/mol. The normalized spacial score (nSPS) is 17.1. The molecule has 0 aromatic carbocycles. The molecule has 1 heterocycles. The van der Waals surface area contributed by atoms with Crippen LogP contribution >= 0.6 is 0 Å². The van der Waals surface area contributed by atoms with Crippen molar-refractivity contribution in [1.29, 1.82) is 0 Å². The highest BCUT2D eigenvalue weighted by molar-refractivity contribution is 5.38. The number of rotatable bonds is 8. The fourth-order valence-electron chi connectivity index (χ4n) is 3.19. The lowest BCUT2D eigenvalue weighted by molar-refractivity contribution is 0.285. The summed E-state index contributed by atoms with van der Waals surface area (Å²) in [6.07, 6.45) is 12.6. The van der Waals surface area contributed by atoms with Crippen LogP contribution in [0.15, 0.2) is 12.4 Å². The number of hydrogen-bond donors (Lipinski definition) is 1. The molecule has 1 aromatic rings. The van der Waals surface area contributed by atoms with Crippen LogP contribution in [-0.4, -0.2) is 40.9 Å². The number of likely N-dealkylation sites (N-methyl/N-ethyl adjacent to an activating group) is 1. The van der Waals surface area contributed by atoms with Crippen LogP contribution in [0.3, 0.4) is 0 Å². The Labute approximate surface area is 129 Å². The zero-order valence-corrected chi connectivity index (χ0v) is 13.9. The first-order valence-corrected chi connectivity index (χ1v) is 8.80. The predicted molar refractivity (Wildman–Crippen MR) is 89.7 cm³/mol. The van der Waals surface area contributed by atoms with Gasteiger partial charge < -0.3 is 10.2 Å². The summed E-state index contributed by atoms with van der Waals surface area (Å²) in [5, 5.41) is 8.05. The van der Waals surface area contributed by atoms with Gasteiger partial charge in [-0.15, -0.1) is 0 Å². The van der Waals surface area contributed by atoms with Crippen LogP contribution in [0.25, 0.3) is 0 Å². The fraction of sp³-hybridized carbons (Fsp3) is 0.824. The lowest BCUT2D eigenvalue weighted by Crippen LogP contribution is -2.27. The van der Waals surface area contributed by atoms with Crippen LogP contribution in [0.4, 0.5) is 5.69 Å². The highest BCUT2D eigenvalue weighted by atomic mass is 15.3. The summed E-state index contributed by atoms with van der Waals surface area (Å²) in [7, 11) is 0. The summed E-state index contributed by atoms with van der Waals surface area (Å²) in [6.45, 7) is 9.83. The zero-order chi connectivity index (χ0) is 14.9. The minimum Gasteiger partial charge on any atom is -0.382 e. The Bertz CT molecular complexity index is 376. The molecule has 120 valence electrons. The summed E-state index contributed by atoms with van der Waals surface area (Å²) in [4.78, 5) is 2.43. The molecule has 1 N–H and O–H groups in total. The molecule has 0 bridgehead atoms. The minimum atomic E-state index is 0.853. The first kappa shape index (κ1) is 16.3. The van der Waals surface area contributed by atoms with Gasteiger partial charge in [0.15, 0.2) is 0 Å². The van der Waals surface area contributed by atoms with Gasteiger partial charge in [-0.25, -0.2) is 0 Å². The molecule has 21 heavy (non-hydrogen) atoms. The van der Waals surface area contributed by atoms with Crippen molar-refractivity contribution in [3.8, 4) is 0 Å². The molecule has 0 saturated heterocycles. The minimum absolute atomic E-state index is 0.853. The van der Waals surface area contributed by atoms with Gasteiger partial charge >= 0.3 is 0 Å². The molecule has 0 aliphatic heterocycles. The third-order valence-corrected chi connectivity index (χ3v) is 4.74. The van der Waals surface area contributed by atoms with Gasteiger partial charge in [0, 0.05) is 19.3 Å². The van der Waals surface area contributed by atoms with E-state index in [9.17, 15) is 0 Å². The van der Waals surface area contributed by atoms with E-state index < -0.39 is 0 Å². The van der Waals surface area contributed by atoms with Crippen molar-refractivity contribution in [2.75, 3.05) is 31.5 Å². The second kappa shape index (κ2) is 9.08. The smallest absolute Gasteiger partial charge is 0.0726 e. The van der Waals surface area contributed by atoms with Gasteiger partial charge in [0.1, 0.15) is 0 Å². The third kappa shape index (κ3) is 5.70. The highest BCUT2D eigenvalue weighted by Gasteiger charge is 2.12. The topological polar surface area (TPSA) is 33.1 Å². The lowest BCUT2D eigenvalue weighted by atomic mass is 10.0. The van der Waals surface area contributed by atoms with E-state index in [1.54, 1.807) is 0 Å². The first-order chi connectivity index (χ1) is 10.3. The number of hydrogen-bond acceptors (Lipinski definition) is 3. The molecule has 1 saturated carbocycles. The summed E-state index contributed by atoms with van der Waals surface area (Å²) >= 11 is 0. The van der Waals surface area contributed by atoms with Crippen molar-refractivity contribution in [2.24, 2.45) is 5.92 Å². The van der Waals surface area contributed by atoms with Crippen molar-refractivity contribution in [1.82, 2.24) is 14.7 Å². The van der Waals surface area contributed by atoms with Gasteiger partial charge in [0.05, 0.1) is 18.4 Å². The monoisotopic (exact) mass is 292 g/mol. The van der Waals surface area contributed by atoms with Gasteiger partial charge in [0.25, 0.3) is 0 Å². The predicted octanol–water partition coefficient (Wildman–Crippen LogP) is 3.61. The standard InChI is InChI=1S/C17H32N4/c1-3-20(4-2)11-12-21-15-17(14-19-21)18-13-16-9-7-5-6-8-10-16/h14-16,18H,3-13H2,1-2H3. The van der Waals surface area contributed by atoms with Gasteiger partial charge in [-0.3, -0.25) is 4.68 Å². The number of nitrogens with one attached hydrogen (secondary N) is 1. The van der Waals surface area contributed by atoms with Crippen molar-refractivity contribution in [3.63, 3.8) is 0 Å². The van der Waals surface area contributed by atoms with Crippen LogP contribution < -0.4 is 5.32 Å². The second-order valence-corrected chi connectivity index (χ2v) is 6.26. The third-order valence-electron chi connectivity index (χ3n) is 4.74. The van der Waals surface area contributed by atoms with Gasteiger partial charge in [-0.2, -0.15) is 5.10 Å². The Kier molecular flexibility index (Phi) is 7.07. The molecule has 1 aliphatic rings. The Balaban J connectivity index is 1.72. The Morgan fingerprint density at radius 2 is 1.90 bits per heavy atom. The maximum Gasteiger partial charge on any atom is 0.0726 e. The fourth-order valence-corrected chi connectivity index (χ4v) is 3.19. The summed E-state index contributed by atoms with van der Waals surface area (Å²) in [5.74, 6) is 0.853. The van der Waals surface area contributed by atoms with Crippen LogP contribution in [-0.2, 0) is 6.54 Å². The van der Waals surface area contributed by atoms with E-state index in [2.05, 4.69) is 40.0 Å². The van der Waals surface area contributed by atoms with Gasteiger partial charge in [0.2, 0.25) is 0 Å². The average Bonchev–Trinajstić information content (AvgIpc) is 2.80. The molecule has 1 aromatic heterocycles. The lowest BCUT2D eigenvalue weighted by Gasteiger charge is -2.17. The largest absolute Gasteiger partial charge is 0.382 e. The van der Waals surface area contributed by atoms with Crippen molar-refractivity contribution in [3.05, 3.63) is 12.4 Å². The molecule has 4 nitrogen and oxygen atoms in total. The summed E-state index contributed by atoms with van der Waals surface area (Å²) in [5.41, 5.74) is 1.18. The molecule has 1 fully saturated rings. The molecule has 0 spiro atoms. The van der Waals surface area contributed by atoms with E-state index in [1.807, 2.05) is 6.20 Å². The SMILES string of the molecule is CCN(CC)CCn1cc(NCC2CCCCCC2)cn1. The average molecular weight is 292 g/mol. The number of nitrogens with zero attached hydrogens (tertiary/aromatic N) is 3. The van der Waals surface area contributed by atoms with E-state index in [1.165, 1.54) is 44.2 Å². The Morgan fingerprint density at radius 3 is 2.57 bits per heavy atom. The maximum absolute atomic E-state index is 4.47. The zero-order valence-electron chi connectivity index (χ0n) is 13.9. The Hall–Kier alpha value is -1.03. The van der Waals surface area contributed by atoms with Crippen molar-refractivity contribution >= 4 is 5.69 Å². The molecule has 2 rings (SSSR count). The molecule has 4 heteroatoms. The van der Waals surface area contributed by atoms with E-state index in [-0.39, 0.29) is 0 Å². The highest BCUT2D eigenvalue weighted by Crippen LogP contribution is 2.23. The molecule has 0 amide bonds. The molecule has 1 aliphatic carbocycles. The van der Waals surface area contributed by atoms with E-state index in [0.717, 1.165) is 38.6 Å². The van der Waals surface area contributed by atoms with Crippen LogP contribution in [0.5, 0.6) is 0 Å². The molecule has 0 unspecified atom stereocenters. The first-order valence-electron chi connectivity index (χ1n) is 8.80.